The maximum absolute atomic E-state index is 9.81. The Morgan fingerprint density at radius 1 is 1.14 bits per heavy atom. The minimum absolute atomic E-state index is 0.345. The molecule has 0 radical (unpaired) electrons. The summed E-state index contributed by atoms with van der Waals surface area (Å²) in [5.41, 5.74) is 2.52. The summed E-state index contributed by atoms with van der Waals surface area (Å²) in [6.07, 6.45) is 1.75. The summed E-state index contributed by atoms with van der Waals surface area (Å²) >= 11 is 0. The molecule has 1 aromatic rings. The molecule has 1 unspecified atom stereocenters. The molecule has 0 saturated carbocycles. The molecule has 0 aliphatic heterocycles. The number of hydrogen-bond donors (Lipinski definition) is 2. The molecule has 0 spiro atoms. The zero-order valence-electron chi connectivity index (χ0n) is 13.3. The predicted octanol–water partition coefficient (Wildman–Crippen LogP) is 2.28. The zero-order valence-corrected chi connectivity index (χ0v) is 13.3. The fourth-order valence-corrected chi connectivity index (χ4v) is 1.93. The lowest BCUT2D eigenvalue weighted by molar-refractivity contribution is 0.00385. The summed E-state index contributed by atoms with van der Waals surface area (Å²) in [6, 6.07) is 8.25. The highest BCUT2D eigenvalue weighted by Crippen LogP contribution is 2.05. The minimum atomic E-state index is -0.482. The standard InChI is InChI=1S/C17H29NO3/c1-3-4-9-20-10-11-21-14-17(19)13-18-12-16-8-6-5-7-15(16)2/h5-8,17-19H,3-4,9-14H2,1-2H3. The molecule has 0 amide bonds. The van der Waals surface area contributed by atoms with Crippen LogP contribution in [-0.4, -0.2) is 44.2 Å². The molecular weight excluding hydrogens is 266 g/mol. The Morgan fingerprint density at radius 2 is 1.90 bits per heavy atom. The molecule has 0 bridgehead atoms. The van der Waals surface area contributed by atoms with Gasteiger partial charge in [-0.25, -0.2) is 0 Å². The number of unbranched alkanes of at least 4 members (excludes halogenated alkanes) is 1. The third kappa shape index (κ3) is 8.83. The topological polar surface area (TPSA) is 50.7 Å². The Morgan fingerprint density at radius 3 is 2.67 bits per heavy atom. The van der Waals surface area contributed by atoms with Gasteiger partial charge in [0.2, 0.25) is 0 Å². The van der Waals surface area contributed by atoms with Crippen molar-refractivity contribution in [2.75, 3.05) is 33.0 Å². The van der Waals surface area contributed by atoms with Crippen LogP contribution in [0.1, 0.15) is 30.9 Å². The van der Waals surface area contributed by atoms with Gasteiger partial charge in [-0.05, 0) is 24.5 Å². The Kier molecular flexibility index (Phi) is 10.1. The van der Waals surface area contributed by atoms with Crippen molar-refractivity contribution in [1.82, 2.24) is 5.32 Å². The third-order valence-corrected chi connectivity index (χ3v) is 3.28. The largest absolute Gasteiger partial charge is 0.389 e. The number of aliphatic hydroxyl groups is 1. The first-order valence-corrected chi connectivity index (χ1v) is 7.82. The van der Waals surface area contributed by atoms with Crippen molar-refractivity contribution in [3.63, 3.8) is 0 Å². The van der Waals surface area contributed by atoms with Gasteiger partial charge in [-0.3, -0.25) is 0 Å². The van der Waals surface area contributed by atoms with Gasteiger partial charge in [-0.1, -0.05) is 37.6 Å². The quantitative estimate of drug-likeness (QED) is 0.581. The van der Waals surface area contributed by atoms with E-state index in [1.807, 2.05) is 12.1 Å². The summed E-state index contributed by atoms with van der Waals surface area (Å²) in [7, 11) is 0. The van der Waals surface area contributed by atoms with Crippen molar-refractivity contribution in [3.05, 3.63) is 35.4 Å². The highest BCUT2D eigenvalue weighted by atomic mass is 16.5. The first-order chi connectivity index (χ1) is 10.2. The van der Waals surface area contributed by atoms with E-state index in [4.69, 9.17) is 9.47 Å². The normalized spacial score (nSPS) is 12.5. The predicted molar refractivity (Wildman–Crippen MR) is 85.4 cm³/mol. The lowest BCUT2D eigenvalue weighted by Crippen LogP contribution is -2.30. The number of aryl methyl sites for hydroxylation is 1. The van der Waals surface area contributed by atoms with Crippen molar-refractivity contribution >= 4 is 0 Å². The minimum Gasteiger partial charge on any atom is -0.389 e. The van der Waals surface area contributed by atoms with Crippen molar-refractivity contribution in [1.29, 1.82) is 0 Å². The van der Waals surface area contributed by atoms with Crippen molar-refractivity contribution in [3.8, 4) is 0 Å². The van der Waals surface area contributed by atoms with Gasteiger partial charge < -0.3 is 19.9 Å². The van der Waals surface area contributed by atoms with Crippen LogP contribution in [0.4, 0.5) is 0 Å². The third-order valence-electron chi connectivity index (χ3n) is 3.28. The Balaban J connectivity index is 1.99. The van der Waals surface area contributed by atoms with Gasteiger partial charge >= 0.3 is 0 Å². The molecule has 1 aromatic carbocycles. The number of benzene rings is 1. The lowest BCUT2D eigenvalue weighted by atomic mass is 10.1. The van der Waals surface area contributed by atoms with Crippen LogP contribution in [0.25, 0.3) is 0 Å². The van der Waals surface area contributed by atoms with Gasteiger partial charge in [0, 0.05) is 19.7 Å². The van der Waals surface area contributed by atoms with E-state index in [0.29, 0.717) is 26.4 Å². The molecule has 1 rings (SSSR count). The molecule has 1 atom stereocenters. The van der Waals surface area contributed by atoms with E-state index in [9.17, 15) is 5.11 Å². The van der Waals surface area contributed by atoms with Crippen LogP contribution in [0, 0.1) is 6.92 Å². The smallest absolute Gasteiger partial charge is 0.0897 e. The van der Waals surface area contributed by atoms with Gasteiger partial charge in [-0.2, -0.15) is 0 Å². The number of hydrogen-bond acceptors (Lipinski definition) is 4. The first-order valence-electron chi connectivity index (χ1n) is 7.82. The molecule has 0 saturated heterocycles. The van der Waals surface area contributed by atoms with Gasteiger partial charge in [0.05, 0.1) is 25.9 Å². The van der Waals surface area contributed by atoms with Gasteiger partial charge in [0.15, 0.2) is 0 Å². The van der Waals surface area contributed by atoms with Crippen LogP contribution in [0.3, 0.4) is 0 Å². The molecule has 4 heteroatoms. The Hall–Kier alpha value is -0.940. The second-order valence-electron chi connectivity index (χ2n) is 5.25. The summed E-state index contributed by atoms with van der Waals surface area (Å²) in [5, 5.41) is 13.1. The van der Waals surface area contributed by atoms with Gasteiger partial charge in [-0.15, -0.1) is 0 Å². The zero-order chi connectivity index (χ0) is 15.3. The monoisotopic (exact) mass is 295 g/mol. The molecule has 4 nitrogen and oxygen atoms in total. The molecular formula is C17H29NO3. The fourth-order valence-electron chi connectivity index (χ4n) is 1.93. The maximum atomic E-state index is 9.81. The van der Waals surface area contributed by atoms with Crippen LogP contribution >= 0.6 is 0 Å². The molecule has 0 heterocycles. The number of nitrogens with one attached hydrogen (secondary N) is 1. The van der Waals surface area contributed by atoms with Crippen molar-refractivity contribution in [2.45, 2.75) is 39.3 Å². The summed E-state index contributed by atoms with van der Waals surface area (Å²) in [6.45, 7) is 7.81. The molecule has 0 aromatic heterocycles. The van der Waals surface area contributed by atoms with Gasteiger partial charge in [0.1, 0.15) is 0 Å². The van der Waals surface area contributed by atoms with Crippen LogP contribution in [0.15, 0.2) is 24.3 Å². The van der Waals surface area contributed by atoms with E-state index >= 15 is 0 Å². The number of ether oxygens (including phenoxy) is 2. The molecule has 120 valence electrons. The molecule has 21 heavy (non-hydrogen) atoms. The second-order valence-corrected chi connectivity index (χ2v) is 5.25. The lowest BCUT2D eigenvalue weighted by Gasteiger charge is -2.13. The van der Waals surface area contributed by atoms with Crippen LogP contribution < -0.4 is 5.32 Å². The average Bonchev–Trinajstić information content (AvgIpc) is 2.48. The SMILES string of the molecule is CCCCOCCOCC(O)CNCc1ccccc1C. The highest BCUT2D eigenvalue weighted by molar-refractivity contribution is 5.25. The van der Waals surface area contributed by atoms with E-state index < -0.39 is 6.10 Å². The average molecular weight is 295 g/mol. The summed E-state index contributed by atoms with van der Waals surface area (Å²) in [4.78, 5) is 0. The highest BCUT2D eigenvalue weighted by Gasteiger charge is 2.04. The van der Waals surface area contributed by atoms with E-state index in [-0.39, 0.29) is 0 Å². The van der Waals surface area contributed by atoms with Crippen LogP contribution in [-0.2, 0) is 16.0 Å². The van der Waals surface area contributed by atoms with Gasteiger partial charge in [0.25, 0.3) is 0 Å². The van der Waals surface area contributed by atoms with Crippen molar-refractivity contribution in [2.24, 2.45) is 0 Å². The number of rotatable bonds is 12. The first kappa shape index (κ1) is 18.1. The Bertz CT molecular complexity index is 371. The molecule has 0 aliphatic carbocycles. The van der Waals surface area contributed by atoms with E-state index in [0.717, 1.165) is 26.0 Å². The molecule has 0 fully saturated rings. The van der Waals surface area contributed by atoms with E-state index in [2.05, 4.69) is 31.3 Å². The van der Waals surface area contributed by atoms with E-state index in [1.165, 1.54) is 11.1 Å². The molecule has 2 N–H and O–H groups in total. The van der Waals surface area contributed by atoms with Crippen molar-refractivity contribution < 1.29 is 14.6 Å². The second kappa shape index (κ2) is 11.7. The van der Waals surface area contributed by atoms with E-state index in [1.54, 1.807) is 0 Å². The van der Waals surface area contributed by atoms with Crippen LogP contribution in [0.2, 0.25) is 0 Å². The molecule has 0 aliphatic rings. The van der Waals surface area contributed by atoms with Crippen LogP contribution in [0.5, 0.6) is 0 Å². The summed E-state index contributed by atoms with van der Waals surface area (Å²) in [5.74, 6) is 0. The maximum Gasteiger partial charge on any atom is 0.0897 e. The fraction of sp³-hybridized carbons (Fsp3) is 0.647. The Labute approximate surface area is 128 Å². The number of aliphatic hydroxyl groups excluding tert-OH is 1. The summed E-state index contributed by atoms with van der Waals surface area (Å²) < 4.78 is 10.8.